The van der Waals surface area contributed by atoms with Gasteiger partial charge in [0.25, 0.3) is 5.91 Å². The summed E-state index contributed by atoms with van der Waals surface area (Å²) in [7, 11) is 0. The van der Waals surface area contributed by atoms with Gasteiger partial charge in [0.15, 0.2) is 0 Å². The number of carbonyl (C=O) groups is 2. The molecule has 1 aromatic heterocycles. The van der Waals surface area contributed by atoms with Gasteiger partial charge in [-0.1, -0.05) is 13.0 Å². The first-order chi connectivity index (χ1) is 9.13. The van der Waals surface area contributed by atoms with E-state index in [9.17, 15) is 9.59 Å². The van der Waals surface area contributed by atoms with Crippen molar-refractivity contribution in [1.82, 2.24) is 9.80 Å². The molecule has 1 aliphatic heterocycles. The summed E-state index contributed by atoms with van der Waals surface area (Å²) >= 11 is 7.15. The molecule has 0 aromatic carbocycles. The van der Waals surface area contributed by atoms with Crippen LogP contribution in [0.5, 0.6) is 0 Å². The van der Waals surface area contributed by atoms with E-state index in [4.69, 9.17) is 11.6 Å². The average molecular weight is 301 g/mol. The van der Waals surface area contributed by atoms with Crippen LogP contribution in [0.1, 0.15) is 16.6 Å². The molecule has 0 radical (unpaired) electrons. The van der Waals surface area contributed by atoms with Gasteiger partial charge in [-0.2, -0.15) is 0 Å². The van der Waals surface area contributed by atoms with Crippen LogP contribution in [0, 0.1) is 5.92 Å². The molecule has 2 rings (SSSR count). The normalized spacial score (nSPS) is 17.4. The number of hydrogen-bond donors (Lipinski definition) is 0. The van der Waals surface area contributed by atoms with Crippen molar-refractivity contribution >= 4 is 34.8 Å². The Bertz CT molecular complexity index is 442. The molecular formula is C13H17ClN2O2S. The van der Waals surface area contributed by atoms with Crippen molar-refractivity contribution in [2.75, 3.05) is 32.1 Å². The molecule has 0 N–H and O–H groups in total. The number of nitrogens with zero attached hydrogens (tertiary/aromatic N) is 2. The van der Waals surface area contributed by atoms with Crippen LogP contribution in [0.25, 0.3) is 0 Å². The summed E-state index contributed by atoms with van der Waals surface area (Å²) in [5.74, 6) is 0.333. The summed E-state index contributed by atoms with van der Waals surface area (Å²) < 4.78 is 0. The van der Waals surface area contributed by atoms with Gasteiger partial charge in [0.1, 0.15) is 0 Å². The van der Waals surface area contributed by atoms with E-state index in [-0.39, 0.29) is 17.7 Å². The maximum Gasteiger partial charge on any atom is 0.264 e. The number of thiophene rings is 1. The lowest BCUT2D eigenvalue weighted by molar-refractivity contribution is -0.135. The van der Waals surface area contributed by atoms with Crippen molar-refractivity contribution in [3.8, 4) is 0 Å². The van der Waals surface area contributed by atoms with E-state index in [2.05, 4.69) is 0 Å². The molecule has 6 heteroatoms. The maximum atomic E-state index is 12.1. The van der Waals surface area contributed by atoms with Crippen molar-refractivity contribution in [3.05, 3.63) is 22.4 Å². The van der Waals surface area contributed by atoms with Crippen LogP contribution in [-0.2, 0) is 4.79 Å². The standard InChI is InChI=1S/C13H17ClN2O2S/c1-10(9-14)12(17)15-4-6-16(7-5-15)13(18)11-3-2-8-19-11/h2-3,8,10H,4-7,9H2,1H3. The van der Waals surface area contributed by atoms with Crippen LogP contribution < -0.4 is 0 Å². The number of alkyl halides is 1. The molecule has 1 aromatic rings. The third kappa shape index (κ3) is 3.28. The third-order valence-electron chi connectivity index (χ3n) is 3.26. The Morgan fingerprint density at radius 1 is 1.32 bits per heavy atom. The van der Waals surface area contributed by atoms with Gasteiger partial charge in [-0.3, -0.25) is 9.59 Å². The van der Waals surface area contributed by atoms with Gasteiger partial charge >= 0.3 is 0 Å². The Hall–Kier alpha value is -1.07. The number of rotatable bonds is 3. The summed E-state index contributed by atoms with van der Waals surface area (Å²) in [5, 5.41) is 1.90. The van der Waals surface area contributed by atoms with Crippen LogP contribution in [0.3, 0.4) is 0 Å². The molecule has 0 bridgehead atoms. The van der Waals surface area contributed by atoms with Crippen molar-refractivity contribution in [3.63, 3.8) is 0 Å². The number of halogens is 1. The minimum Gasteiger partial charge on any atom is -0.339 e. The highest BCUT2D eigenvalue weighted by Gasteiger charge is 2.27. The Morgan fingerprint density at radius 2 is 1.95 bits per heavy atom. The summed E-state index contributed by atoms with van der Waals surface area (Å²) in [6, 6.07) is 3.71. The molecule has 2 heterocycles. The van der Waals surface area contributed by atoms with Gasteiger partial charge in [0.2, 0.25) is 5.91 Å². The molecule has 0 spiro atoms. The lowest BCUT2D eigenvalue weighted by Gasteiger charge is -2.35. The molecular weight excluding hydrogens is 284 g/mol. The van der Waals surface area contributed by atoms with Gasteiger partial charge in [-0.05, 0) is 11.4 Å². The molecule has 4 nitrogen and oxygen atoms in total. The second-order valence-electron chi connectivity index (χ2n) is 4.65. The van der Waals surface area contributed by atoms with Crippen molar-refractivity contribution in [1.29, 1.82) is 0 Å². The number of amides is 2. The smallest absolute Gasteiger partial charge is 0.264 e. The molecule has 0 saturated carbocycles. The first kappa shape index (κ1) is 14.3. The molecule has 104 valence electrons. The topological polar surface area (TPSA) is 40.6 Å². The minimum absolute atomic E-state index is 0.0625. The highest BCUT2D eigenvalue weighted by atomic mass is 35.5. The van der Waals surface area contributed by atoms with Gasteiger partial charge in [0, 0.05) is 38.0 Å². The molecule has 19 heavy (non-hydrogen) atoms. The Balaban J connectivity index is 1.89. The average Bonchev–Trinajstić information content (AvgIpc) is 2.99. The Kier molecular flexibility index (Phi) is 4.82. The van der Waals surface area contributed by atoms with E-state index < -0.39 is 0 Å². The Morgan fingerprint density at radius 3 is 2.47 bits per heavy atom. The Labute approximate surface area is 121 Å². The van der Waals surface area contributed by atoms with Crippen molar-refractivity contribution < 1.29 is 9.59 Å². The first-order valence-electron chi connectivity index (χ1n) is 6.31. The highest BCUT2D eigenvalue weighted by molar-refractivity contribution is 7.12. The summed E-state index contributed by atoms with van der Waals surface area (Å²) in [4.78, 5) is 28.5. The maximum absolute atomic E-state index is 12.1. The fourth-order valence-electron chi connectivity index (χ4n) is 2.06. The van der Waals surface area contributed by atoms with Crippen molar-refractivity contribution in [2.45, 2.75) is 6.92 Å². The minimum atomic E-state index is -0.152. The molecule has 1 saturated heterocycles. The molecule has 2 amide bonds. The molecule has 1 fully saturated rings. The fourth-order valence-corrected chi connectivity index (χ4v) is 2.89. The van der Waals surface area contributed by atoms with E-state index in [0.29, 0.717) is 32.1 Å². The summed E-state index contributed by atoms with van der Waals surface area (Å²) in [6.45, 7) is 4.21. The lowest BCUT2D eigenvalue weighted by atomic mass is 10.1. The second-order valence-corrected chi connectivity index (χ2v) is 5.91. The number of piperazine rings is 1. The molecule has 0 aliphatic carbocycles. The van der Waals surface area contributed by atoms with E-state index in [1.165, 1.54) is 11.3 Å². The van der Waals surface area contributed by atoms with Gasteiger partial charge in [-0.15, -0.1) is 22.9 Å². The summed E-state index contributed by atoms with van der Waals surface area (Å²) in [6.07, 6.45) is 0. The van der Waals surface area contributed by atoms with Crippen LogP contribution in [0.15, 0.2) is 17.5 Å². The zero-order valence-electron chi connectivity index (χ0n) is 10.8. The second kappa shape index (κ2) is 6.39. The largest absolute Gasteiger partial charge is 0.339 e. The van der Waals surface area contributed by atoms with E-state index in [0.717, 1.165) is 4.88 Å². The number of hydrogen-bond acceptors (Lipinski definition) is 3. The first-order valence-corrected chi connectivity index (χ1v) is 7.72. The van der Waals surface area contributed by atoms with Gasteiger partial charge in [-0.25, -0.2) is 0 Å². The van der Waals surface area contributed by atoms with Crippen LogP contribution >= 0.6 is 22.9 Å². The fraction of sp³-hybridized carbons (Fsp3) is 0.538. The van der Waals surface area contributed by atoms with Gasteiger partial charge in [0.05, 0.1) is 4.88 Å². The van der Waals surface area contributed by atoms with E-state index >= 15 is 0 Å². The predicted molar refractivity (Wildman–Crippen MR) is 76.7 cm³/mol. The van der Waals surface area contributed by atoms with Crippen molar-refractivity contribution in [2.24, 2.45) is 5.92 Å². The molecule has 1 aliphatic rings. The quantitative estimate of drug-likeness (QED) is 0.800. The molecule has 1 atom stereocenters. The SMILES string of the molecule is CC(CCl)C(=O)N1CCN(C(=O)c2cccs2)CC1. The van der Waals surface area contributed by atoms with Crippen LogP contribution in [-0.4, -0.2) is 53.7 Å². The number of carbonyl (C=O) groups excluding carboxylic acids is 2. The van der Waals surface area contributed by atoms with E-state index in [1.54, 1.807) is 9.80 Å². The van der Waals surface area contributed by atoms with Gasteiger partial charge < -0.3 is 9.80 Å². The van der Waals surface area contributed by atoms with Crippen LogP contribution in [0.2, 0.25) is 0 Å². The van der Waals surface area contributed by atoms with E-state index in [1.807, 2.05) is 24.4 Å². The zero-order chi connectivity index (χ0) is 13.8. The zero-order valence-corrected chi connectivity index (χ0v) is 12.4. The highest BCUT2D eigenvalue weighted by Crippen LogP contribution is 2.15. The monoisotopic (exact) mass is 300 g/mol. The predicted octanol–water partition coefficient (Wildman–Crippen LogP) is 1.91. The van der Waals surface area contributed by atoms with Crippen LogP contribution in [0.4, 0.5) is 0 Å². The lowest BCUT2D eigenvalue weighted by Crippen LogP contribution is -2.51. The summed E-state index contributed by atoms with van der Waals surface area (Å²) in [5.41, 5.74) is 0. The third-order valence-corrected chi connectivity index (χ3v) is 4.58. The molecule has 1 unspecified atom stereocenters.